The Morgan fingerprint density at radius 3 is 2.07 bits per heavy atom. The average molecular weight is 402 g/mol. The molecule has 2 aromatic carbocycles. The topological polar surface area (TPSA) is 117 Å². The molecule has 0 aliphatic rings. The zero-order valence-corrected chi connectivity index (χ0v) is 17.7. The zero-order chi connectivity index (χ0) is 22.0. The number of nitrogens with two attached hydrogens (primary N) is 2. The lowest BCUT2D eigenvalue weighted by atomic mass is 10.1. The number of nitrogens with one attached hydrogen (secondary N) is 1. The summed E-state index contributed by atoms with van der Waals surface area (Å²) in [5, 5.41) is 2.79. The van der Waals surface area contributed by atoms with Crippen LogP contribution < -0.4 is 21.5 Å². The van der Waals surface area contributed by atoms with Gasteiger partial charge in [0.15, 0.2) is 0 Å². The fraction of sp³-hybridized carbons (Fsp3) is 0.364. The number of methoxy groups -OCH3 is 1. The molecule has 7 heteroatoms. The fourth-order valence-corrected chi connectivity index (χ4v) is 2.18. The summed E-state index contributed by atoms with van der Waals surface area (Å²) in [5.74, 6) is 0.404. The largest absolute Gasteiger partial charge is 0.496 e. The minimum absolute atomic E-state index is 0.0970. The number of hydrogen-bond acceptors (Lipinski definition) is 6. The van der Waals surface area contributed by atoms with E-state index in [1.54, 1.807) is 42.5 Å². The molecule has 2 rings (SSSR count). The van der Waals surface area contributed by atoms with E-state index in [1.165, 1.54) is 7.11 Å². The number of amides is 1. The molecule has 29 heavy (non-hydrogen) atoms. The lowest BCUT2D eigenvalue weighted by Gasteiger charge is -2.11. The smallest absolute Gasteiger partial charge is 0.338 e. The first-order valence-corrected chi connectivity index (χ1v) is 9.41. The van der Waals surface area contributed by atoms with Gasteiger partial charge in [0.25, 0.3) is 5.91 Å². The molecule has 2 aromatic rings. The maximum atomic E-state index is 11.7. The molecule has 1 amide bonds. The second kappa shape index (κ2) is 11.6. The number of rotatable bonds is 6. The normalized spacial score (nSPS) is 10.2. The quantitative estimate of drug-likeness (QED) is 0.504. The first-order chi connectivity index (χ1) is 13.6. The summed E-state index contributed by atoms with van der Waals surface area (Å²) in [4.78, 5) is 23.1. The molecule has 0 saturated heterocycles. The summed E-state index contributed by atoms with van der Waals surface area (Å²) < 4.78 is 10.1. The van der Waals surface area contributed by atoms with Crippen LogP contribution in [-0.4, -0.2) is 31.6 Å². The number of ether oxygens (including phenoxy) is 2. The zero-order valence-electron chi connectivity index (χ0n) is 17.7. The summed E-state index contributed by atoms with van der Waals surface area (Å²) in [6.07, 6.45) is 0. The lowest BCUT2D eigenvalue weighted by Crippen LogP contribution is -2.30. The summed E-state index contributed by atoms with van der Waals surface area (Å²) in [7, 11) is 1.51. The van der Waals surface area contributed by atoms with Gasteiger partial charge in [-0.1, -0.05) is 13.8 Å². The Bertz CT molecular complexity index is 802. The number of carbonyl (C=O) groups is 2. The predicted molar refractivity (Wildman–Crippen MR) is 116 cm³/mol. The van der Waals surface area contributed by atoms with Crippen LogP contribution in [-0.2, 0) is 4.74 Å². The molecule has 0 radical (unpaired) electrons. The van der Waals surface area contributed by atoms with E-state index in [9.17, 15) is 9.59 Å². The van der Waals surface area contributed by atoms with Gasteiger partial charge in [0, 0.05) is 23.5 Å². The van der Waals surface area contributed by atoms with Crippen molar-refractivity contribution in [1.82, 2.24) is 5.32 Å². The molecule has 0 aromatic heterocycles. The highest BCUT2D eigenvalue weighted by Crippen LogP contribution is 2.21. The summed E-state index contributed by atoms with van der Waals surface area (Å²) in [6, 6.07) is 11.8. The van der Waals surface area contributed by atoms with Crippen LogP contribution in [0.1, 0.15) is 48.4 Å². The van der Waals surface area contributed by atoms with Gasteiger partial charge in [0.05, 0.1) is 24.8 Å². The Hall–Kier alpha value is -3.22. The van der Waals surface area contributed by atoms with Gasteiger partial charge in [0.1, 0.15) is 5.75 Å². The third-order valence-corrected chi connectivity index (χ3v) is 3.58. The standard InChI is InChI=1S/C11H16N2O2.C11H15NO2/c1-7(2)13-11(14)9-5-4-8(12)6-10(9)15-3;1-8(2)7-14-11(13)9-3-5-10(12)6-4-9/h4-7H,12H2,1-3H3,(H,13,14);3-6,8H,7,12H2,1-2H3. The molecule has 0 unspecified atom stereocenters. The number of hydrogen-bond donors (Lipinski definition) is 3. The highest BCUT2D eigenvalue weighted by atomic mass is 16.5. The van der Waals surface area contributed by atoms with E-state index in [0.29, 0.717) is 40.8 Å². The highest BCUT2D eigenvalue weighted by molar-refractivity contribution is 5.97. The number of anilines is 2. The second-order valence-electron chi connectivity index (χ2n) is 7.20. The van der Waals surface area contributed by atoms with E-state index in [1.807, 2.05) is 27.7 Å². The van der Waals surface area contributed by atoms with Gasteiger partial charge in [-0.05, 0) is 56.2 Å². The van der Waals surface area contributed by atoms with Crippen molar-refractivity contribution in [3.63, 3.8) is 0 Å². The van der Waals surface area contributed by atoms with Crippen LogP contribution in [0.15, 0.2) is 42.5 Å². The van der Waals surface area contributed by atoms with E-state index in [2.05, 4.69) is 5.32 Å². The van der Waals surface area contributed by atoms with Crippen molar-refractivity contribution in [2.45, 2.75) is 33.7 Å². The van der Waals surface area contributed by atoms with Crippen molar-refractivity contribution in [3.05, 3.63) is 53.6 Å². The molecular weight excluding hydrogens is 370 g/mol. The summed E-state index contributed by atoms with van der Waals surface area (Å²) in [5.41, 5.74) is 13.4. The summed E-state index contributed by atoms with van der Waals surface area (Å²) >= 11 is 0. The van der Waals surface area contributed by atoms with Crippen molar-refractivity contribution < 1.29 is 19.1 Å². The van der Waals surface area contributed by atoms with Crippen LogP contribution in [0, 0.1) is 5.92 Å². The van der Waals surface area contributed by atoms with E-state index in [4.69, 9.17) is 20.9 Å². The lowest BCUT2D eigenvalue weighted by molar-refractivity contribution is 0.0459. The first kappa shape index (κ1) is 23.8. The van der Waals surface area contributed by atoms with E-state index >= 15 is 0 Å². The first-order valence-electron chi connectivity index (χ1n) is 9.41. The van der Waals surface area contributed by atoms with Crippen molar-refractivity contribution in [1.29, 1.82) is 0 Å². The molecule has 7 nitrogen and oxygen atoms in total. The van der Waals surface area contributed by atoms with Crippen molar-refractivity contribution in [2.24, 2.45) is 5.92 Å². The fourth-order valence-electron chi connectivity index (χ4n) is 2.18. The second-order valence-corrected chi connectivity index (χ2v) is 7.20. The average Bonchev–Trinajstić information content (AvgIpc) is 2.66. The Labute approximate surface area is 172 Å². The van der Waals surface area contributed by atoms with Gasteiger partial charge in [-0.2, -0.15) is 0 Å². The molecular formula is C22H31N3O4. The van der Waals surface area contributed by atoms with Crippen LogP contribution in [0.25, 0.3) is 0 Å². The van der Waals surface area contributed by atoms with Crippen LogP contribution in [0.4, 0.5) is 11.4 Å². The molecule has 0 bridgehead atoms. The Kier molecular flexibility index (Phi) is 9.51. The van der Waals surface area contributed by atoms with Gasteiger partial charge >= 0.3 is 5.97 Å². The maximum Gasteiger partial charge on any atom is 0.338 e. The van der Waals surface area contributed by atoms with E-state index in [-0.39, 0.29) is 17.9 Å². The molecule has 0 aliphatic carbocycles. The molecule has 0 atom stereocenters. The van der Waals surface area contributed by atoms with Gasteiger partial charge in [-0.15, -0.1) is 0 Å². The number of nitrogen functional groups attached to an aromatic ring is 2. The van der Waals surface area contributed by atoms with Crippen molar-refractivity contribution in [2.75, 3.05) is 25.2 Å². The third-order valence-electron chi connectivity index (χ3n) is 3.58. The third kappa shape index (κ3) is 8.55. The molecule has 158 valence electrons. The minimum atomic E-state index is -0.293. The van der Waals surface area contributed by atoms with E-state index in [0.717, 1.165) is 0 Å². The van der Waals surface area contributed by atoms with Gasteiger partial charge in [-0.3, -0.25) is 4.79 Å². The Morgan fingerprint density at radius 2 is 1.55 bits per heavy atom. The van der Waals surface area contributed by atoms with Crippen molar-refractivity contribution in [3.8, 4) is 5.75 Å². The maximum absolute atomic E-state index is 11.7. The predicted octanol–water partition coefficient (Wildman–Crippen LogP) is 3.50. The van der Waals surface area contributed by atoms with Crippen LogP contribution in [0.3, 0.4) is 0 Å². The van der Waals surface area contributed by atoms with Crippen molar-refractivity contribution >= 4 is 23.3 Å². The Balaban J connectivity index is 0.000000291. The molecule has 0 aliphatic heterocycles. The number of carbonyl (C=O) groups excluding carboxylic acids is 2. The van der Waals surface area contributed by atoms with Crippen LogP contribution in [0.2, 0.25) is 0 Å². The highest BCUT2D eigenvalue weighted by Gasteiger charge is 2.12. The van der Waals surface area contributed by atoms with Crippen LogP contribution >= 0.6 is 0 Å². The molecule has 0 spiro atoms. The van der Waals surface area contributed by atoms with Gasteiger partial charge < -0.3 is 26.3 Å². The molecule has 0 heterocycles. The SMILES string of the molecule is CC(C)COC(=O)c1ccc(N)cc1.COc1cc(N)ccc1C(=O)NC(C)C. The molecule has 0 fully saturated rings. The van der Waals surface area contributed by atoms with Gasteiger partial charge in [-0.25, -0.2) is 4.79 Å². The molecule has 5 N–H and O–H groups in total. The van der Waals surface area contributed by atoms with Crippen LogP contribution in [0.5, 0.6) is 5.75 Å². The van der Waals surface area contributed by atoms with Gasteiger partial charge in [0.2, 0.25) is 0 Å². The number of esters is 1. The minimum Gasteiger partial charge on any atom is -0.496 e. The van der Waals surface area contributed by atoms with E-state index < -0.39 is 0 Å². The monoisotopic (exact) mass is 401 g/mol. The Morgan fingerprint density at radius 1 is 0.966 bits per heavy atom. The molecule has 0 saturated carbocycles. The number of benzene rings is 2. The summed E-state index contributed by atoms with van der Waals surface area (Å²) in [6.45, 7) is 8.25.